The van der Waals surface area contributed by atoms with Crippen LogP contribution in [-0.2, 0) is 17.8 Å². The van der Waals surface area contributed by atoms with E-state index in [4.69, 9.17) is 14.8 Å². The molecule has 32 heavy (non-hydrogen) atoms. The second-order valence-corrected chi connectivity index (χ2v) is 7.66. The van der Waals surface area contributed by atoms with Gasteiger partial charge in [0.25, 0.3) is 0 Å². The van der Waals surface area contributed by atoms with Crippen LogP contribution in [0.4, 0.5) is 4.39 Å². The molecule has 7 heteroatoms. The van der Waals surface area contributed by atoms with E-state index in [0.717, 1.165) is 39.1 Å². The Bertz CT molecular complexity index is 1250. The second-order valence-electron chi connectivity index (χ2n) is 7.66. The van der Waals surface area contributed by atoms with Gasteiger partial charge in [-0.25, -0.2) is 9.07 Å². The lowest BCUT2D eigenvalue weighted by Gasteiger charge is -2.13. The number of aromatic nitrogens is 3. The number of nitrogens with zero attached hydrogens (tertiary/aromatic N) is 3. The molecule has 1 N–H and O–H groups in total. The summed E-state index contributed by atoms with van der Waals surface area (Å²) in [6.45, 7) is 4.33. The molecule has 0 fully saturated rings. The lowest BCUT2D eigenvalue weighted by atomic mass is 10.0. The predicted molar refractivity (Wildman–Crippen MR) is 121 cm³/mol. The third-order valence-corrected chi connectivity index (χ3v) is 5.53. The van der Waals surface area contributed by atoms with Gasteiger partial charge in [-0.15, -0.1) is 0 Å². The summed E-state index contributed by atoms with van der Waals surface area (Å²) in [6, 6.07) is 15.9. The summed E-state index contributed by atoms with van der Waals surface area (Å²) in [6.07, 6.45) is 0.778. The topological polar surface area (TPSA) is 69.0 Å². The maximum Gasteiger partial charge on any atom is 0.220 e. The maximum atomic E-state index is 13.0. The highest BCUT2D eigenvalue weighted by molar-refractivity contribution is 5.86. The maximum absolute atomic E-state index is 13.0. The van der Waals surface area contributed by atoms with Gasteiger partial charge in [-0.1, -0.05) is 30.3 Å². The van der Waals surface area contributed by atoms with Gasteiger partial charge in [0.15, 0.2) is 5.65 Å². The van der Waals surface area contributed by atoms with Crippen molar-refractivity contribution in [2.24, 2.45) is 0 Å². The number of fused-ring (bicyclic) bond motifs is 1. The van der Waals surface area contributed by atoms with Crippen LogP contribution in [-0.4, -0.2) is 27.8 Å². The van der Waals surface area contributed by atoms with E-state index in [1.54, 1.807) is 19.2 Å². The van der Waals surface area contributed by atoms with Crippen molar-refractivity contribution in [3.63, 3.8) is 0 Å². The largest absolute Gasteiger partial charge is 0.481 e. The molecule has 0 spiro atoms. The minimum absolute atomic E-state index is 0.0902. The minimum atomic E-state index is -0.295. The highest BCUT2D eigenvalue weighted by atomic mass is 19.1. The van der Waals surface area contributed by atoms with Crippen LogP contribution in [0.5, 0.6) is 5.88 Å². The van der Waals surface area contributed by atoms with Gasteiger partial charge in [0.1, 0.15) is 5.82 Å². The van der Waals surface area contributed by atoms with Crippen molar-refractivity contribution in [1.82, 2.24) is 20.1 Å². The Morgan fingerprint density at radius 1 is 1.09 bits per heavy atom. The first-order chi connectivity index (χ1) is 15.5. The fourth-order valence-electron chi connectivity index (χ4n) is 3.87. The van der Waals surface area contributed by atoms with E-state index in [0.29, 0.717) is 18.8 Å². The molecule has 2 aromatic carbocycles. The van der Waals surface area contributed by atoms with E-state index in [9.17, 15) is 9.18 Å². The summed E-state index contributed by atoms with van der Waals surface area (Å²) >= 11 is 0. The molecule has 0 saturated heterocycles. The summed E-state index contributed by atoms with van der Waals surface area (Å²) in [4.78, 5) is 17.2. The van der Waals surface area contributed by atoms with Crippen LogP contribution >= 0.6 is 0 Å². The van der Waals surface area contributed by atoms with Gasteiger partial charge < -0.3 is 10.1 Å². The number of halogens is 1. The van der Waals surface area contributed by atoms with Crippen molar-refractivity contribution in [2.75, 3.05) is 7.11 Å². The number of rotatable bonds is 7. The molecule has 0 aliphatic rings. The van der Waals surface area contributed by atoms with Gasteiger partial charge in [0.05, 0.1) is 18.5 Å². The third-order valence-electron chi connectivity index (χ3n) is 5.53. The molecule has 164 valence electrons. The molecule has 0 saturated carbocycles. The zero-order valence-corrected chi connectivity index (χ0v) is 18.4. The van der Waals surface area contributed by atoms with E-state index in [1.165, 1.54) is 12.1 Å². The number of nitrogens with one attached hydrogen (secondary N) is 1. The normalized spacial score (nSPS) is 11.0. The zero-order chi connectivity index (χ0) is 22.7. The van der Waals surface area contributed by atoms with Crippen LogP contribution in [0.15, 0.2) is 54.6 Å². The Hall–Kier alpha value is -3.74. The van der Waals surface area contributed by atoms with E-state index in [-0.39, 0.29) is 18.1 Å². The molecule has 2 heterocycles. The molecular weight excluding hydrogens is 407 g/mol. The highest BCUT2D eigenvalue weighted by Gasteiger charge is 2.20. The van der Waals surface area contributed by atoms with E-state index in [1.807, 2.05) is 48.9 Å². The molecule has 0 bridgehead atoms. The first-order valence-electron chi connectivity index (χ1n) is 10.5. The number of ether oxygens (including phenoxy) is 1. The summed E-state index contributed by atoms with van der Waals surface area (Å²) in [7, 11) is 1.59. The van der Waals surface area contributed by atoms with Crippen molar-refractivity contribution < 1.29 is 13.9 Å². The fourth-order valence-corrected chi connectivity index (χ4v) is 3.87. The molecule has 6 nitrogen and oxygen atoms in total. The summed E-state index contributed by atoms with van der Waals surface area (Å²) in [5.41, 5.74) is 5.28. The van der Waals surface area contributed by atoms with Gasteiger partial charge in [0.2, 0.25) is 11.8 Å². The fraction of sp³-hybridized carbons (Fsp3) is 0.240. The van der Waals surface area contributed by atoms with Crippen molar-refractivity contribution in [3.05, 3.63) is 82.8 Å². The Morgan fingerprint density at radius 3 is 2.50 bits per heavy atom. The summed E-state index contributed by atoms with van der Waals surface area (Å²) < 4.78 is 20.4. The lowest BCUT2D eigenvalue weighted by molar-refractivity contribution is -0.121. The summed E-state index contributed by atoms with van der Waals surface area (Å²) in [5, 5.41) is 8.54. The van der Waals surface area contributed by atoms with E-state index in [2.05, 4.69) is 5.32 Å². The van der Waals surface area contributed by atoms with Crippen molar-refractivity contribution in [1.29, 1.82) is 0 Å². The van der Waals surface area contributed by atoms with Crippen molar-refractivity contribution >= 4 is 16.9 Å². The van der Waals surface area contributed by atoms with Crippen molar-refractivity contribution in [3.8, 4) is 11.6 Å². The van der Waals surface area contributed by atoms with Crippen molar-refractivity contribution in [2.45, 2.75) is 33.2 Å². The molecule has 0 aliphatic heterocycles. The van der Waals surface area contributed by atoms with Gasteiger partial charge in [-0.2, -0.15) is 10.1 Å². The average Bonchev–Trinajstić information content (AvgIpc) is 3.14. The molecule has 4 rings (SSSR count). The third kappa shape index (κ3) is 4.32. The van der Waals surface area contributed by atoms with Crippen LogP contribution < -0.4 is 10.1 Å². The Labute approximate surface area is 186 Å². The first-order valence-corrected chi connectivity index (χ1v) is 10.5. The lowest BCUT2D eigenvalue weighted by Crippen LogP contribution is -2.23. The number of pyridine rings is 1. The zero-order valence-electron chi connectivity index (χ0n) is 18.4. The number of carbonyl (C=O) groups is 1. The molecule has 0 unspecified atom stereocenters. The van der Waals surface area contributed by atoms with E-state index < -0.39 is 0 Å². The van der Waals surface area contributed by atoms with E-state index >= 15 is 0 Å². The van der Waals surface area contributed by atoms with Gasteiger partial charge in [-0.3, -0.25) is 4.79 Å². The molecule has 0 radical (unpaired) electrons. The number of hydrogen-bond donors (Lipinski definition) is 1. The molecule has 0 aliphatic carbocycles. The summed E-state index contributed by atoms with van der Waals surface area (Å²) in [5.74, 6) is 0.113. The van der Waals surface area contributed by atoms with Gasteiger partial charge >= 0.3 is 0 Å². The molecule has 0 atom stereocenters. The Balaban J connectivity index is 1.56. The van der Waals surface area contributed by atoms with Crippen LogP contribution in [0.1, 0.15) is 28.8 Å². The monoisotopic (exact) mass is 432 g/mol. The highest BCUT2D eigenvalue weighted by Crippen LogP contribution is 2.31. The van der Waals surface area contributed by atoms with Crippen LogP contribution in [0, 0.1) is 19.7 Å². The molecule has 1 amide bonds. The SMILES string of the molecule is COc1nc2c(c(C)nn2-c2ccccc2)c(C)c1CCC(=O)NCc1ccc(F)cc1. The van der Waals surface area contributed by atoms with Crippen LogP contribution in [0.2, 0.25) is 0 Å². The molecule has 2 aromatic heterocycles. The number of para-hydroxylation sites is 1. The van der Waals surface area contributed by atoms with Gasteiger partial charge in [-0.05, 0) is 55.7 Å². The number of methoxy groups -OCH3 is 1. The molecule has 4 aromatic rings. The van der Waals surface area contributed by atoms with Crippen LogP contribution in [0.25, 0.3) is 16.7 Å². The predicted octanol–water partition coefficient (Wildman–Crippen LogP) is 4.43. The number of aryl methyl sites for hydroxylation is 2. The first kappa shape index (κ1) is 21.5. The minimum Gasteiger partial charge on any atom is -0.481 e. The number of hydrogen-bond acceptors (Lipinski definition) is 4. The molecular formula is C25H25FN4O2. The smallest absolute Gasteiger partial charge is 0.220 e. The van der Waals surface area contributed by atoms with Gasteiger partial charge in [0, 0.05) is 23.9 Å². The quantitative estimate of drug-likeness (QED) is 0.469. The second kappa shape index (κ2) is 9.18. The number of carbonyl (C=O) groups excluding carboxylic acids is 1. The Kier molecular flexibility index (Phi) is 6.16. The Morgan fingerprint density at radius 2 is 1.81 bits per heavy atom. The number of benzene rings is 2. The standard InChI is InChI=1S/C25H25FN4O2/c1-16-21(13-14-22(31)27-15-18-9-11-19(26)12-10-18)25(32-3)28-24-23(16)17(2)29-30(24)20-7-5-4-6-8-20/h4-12H,13-15H2,1-3H3,(H,27,31). The number of amides is 1. The average molecular weight is 432 g/mol. The van der Waals surface area contributed by atoms with Crippen LogP contribution in [0.3, 0.4) is 0 Å².